The molecule has 150 valence electrons. The summed E-state index contributed by atoms with van der Waals surface area (Å²) in [6.07, 6.45) is -0.238. The van der Waals surface area contributed by atoms with Gasteiger partial charge in [0, 0.05) is 24.3 Å². The minimum atomic E-state index is -0.482. The first kappa shape index (κ1) is 20.7. The molecule has 1 fully saturated rings. The summed E-state index contributed by atoms with van der Waals surface area (Å²) < 4.78 is 11.5. The van der Waals surface area contributed by atoms with E-state index in [0.29, 0.717) is 25.6 Å². The molecule has 0 aliphatic carbocycles. The molecule has 2 aromatic carbocycles. The van der Waals surface area contributed by atoms with E-state index in [-0.39, 0.29) is 12.0 Å². The van der Waals surface area contributed by atoms with E-state index in [9.17, 15) is 4.79 Å². The second-order valence-corrected chi connectivity index (χ2v) is 8.90. The van der Waals surface area contributed by atoms with Gasteiger partial charge in [-0.3, -0.25) is 0 Å². The molecule has 0 radical (unpaired) electrons. The summed E-state index contributed by atoms with van der Waals surface area (Å²) in [7, 11) is 0. The zero-order valence-electron chi connectivity index (χ0n) is 16.7. The van der Waals surface area contributed by atoms with Crippen molar-refractivity contribution in [1.82, 2.24) is 4.90 Å². The molecule has 0 unspecified atom stereocenters. The minimum Gasteiger partial charge on any atom is -0.489 e. The Morgan fingerprint density at radius 2 is 1.86 bits per heavy atom. The van der Waals surface area contributed by atoms with Gasteiger partial charge in [0.05, 0.1) is 0 Å². The van der Waals surface area contributed by atoms with Crippen molar-refractivity contribution in [3.8, 4) is 5.75 Å². The molecule has 28 heavy (non-hydrogen) atoms. The third-order valence-electron chi connectivity index (χ3n) is 4.83. The molecule has 3 rings (SSSR count). The van der Waals surface area contributed by atoms with Gasteiger partial charge in [-0.1, -0.05) is 58.4 Å². The Labute approximate surface area is 176 Å². The van der Waals surface area contributed by atoms with Crippen molar-refractivity contribution in [2.24, 2.45) is 5.92 Å². The third-order valence-corrected chi connectivity index (χ3v) is 5.66. The van der Waals surface area contributed by atoms with Crippen molar-refractivity contribution >= 4 is 22.0 Å². The van der Waals surface area contributed by atoms with Crippen molar-refractivity contribution in [3.05, 3.63) is 65.7 Å². The molecule has 2 atom stereocenters. The van der Waals surface area contributed by atoms with Crippen LogP contribution >= 0.6 is 15.9 Å². The average Bonchev–Trinajstić information content (AvgIpc) is 3.11. The maximum absolute atomic E-state index is 12.5. The van der Waals surface area contributed by atoms with Crippen LogP contribution < -0.4 is 4.74 Å². The summed E-state index contributed by atoms with van der Waals surface area (Å²) in [4.78, 5) is 14.3. The van der Waals surface area contributed by atoms with E-state index in [4.69, 9.17) is 9.47 Å². The van der Waals surface area contributed by atoms with Crippen LogP contribution in [0, 0.1) is 5.92 Å². The summed E-state index contributed by atoms with van der Waals surface area (Å²) in [5, 5.41) is 0.839. The number of halogens is 1. The van der Waals surface area contributed by atoms with Gasteiger partial charge in [-0.15, -0.1) is 0 Å². The van der Waals surface area contributed by atoms with Crippen LogP contribution in [0.25, 0.3) is 0 Å². The van der Waals surface area contributed by atoms with Gasteiger partial charge in [0.1, 0.15) is 18.0 Å². The van der Waals surface area contributed by atoms with Gasteiger partial charge < -0.3 is 14.4 Å². The average molecular weight is 446 g/mol. The lowest BCUT2D eigenvalue weighted by molar-refractivity contribution is 0.0288. The number of carbonyl (C=O) groups excluding carboxylic acids is 1. The highest BCUT2D eigenvalue weighted by Gasteiger charge is 2.37. The van der Waals surface area contributed by atoms with Crippen molar-refractivity contribution in [2.75, 3.05) is 18.4 Å². The number of likely N-dealkylation sites (tertiary alicyclic amines) is 1. The van der Waals surface area contributed by atoms with E-state index in [2.05, 4.69) is 40.2 Å². The fraction of sp³-hybridized carbons (Fsp3) is 0.435. The number of hydrogen-bond acceptors (Lipinski definition) is 3. The monoisotopic (exact) mass is 445 g/mol. The van der Waals surface area contributed by atoms with E-state index < -0.39 is 5.60 Å². The summed E-state index contributed by atoms with van der Waals surface area (Å²) >= 11 is 3.62. The van der Waals surface area contributed by atoms with E-state index in [0.717, 1.165) is 16.6 Å². The number of nitrogens with zero attached hydrogens (tertiary/aromatic N) is 1. The molecule has 0 saturated carbocycles. The van der Waals surface area contributed by atoms with Crippen LogP contribution in [0.4, 0.5) is 4.79 Å². The van der Waals surface area contributed by atoms with Crippen molar-refractivity contribution in [2.45, 2.75) is 38.9 Å². The van der Waals surface area contributed by atoms with E-state index in [1.165, 1.54) is 5.56 Å². The molecule has 1 amide bonds. The number of amides is 1. The first-order valence-electron chi connectivity index (χ1n) is 9.66. The second-order valence-electron chi connectivity index (χ2n) is 8.25. The number of hydrogen-bond donors (Lipinski definition) is 0. The third kappa shape index (κ3) is 5.51. The van der Waals surface area contributed by atoms with Crippen LogP contribution in [0.15, 0.2) is 54.6 Å². The molecule has 1 aliphatic rings. The van der Waals surface area contributed by atoms with Crippen LogP contribution in [-0.4, -0.2) is 35.0 Å². The molecule has 2 aromatic rings. The van der Waals surface area contributed by atoms with Gasteiger partial charge in [0.25, 0.3) is 0 Å². The Morgan fingerprint density at radius 1 is 1.11 bits per heavy atom. The lowest BCUT2D eigenvalue weighted by Gasteiger charge is -2.24. The molecule has 0 bridgehead atoms. The summed E-state index contributed by atoms with van der Waals surface area (Å²) in [5.74, 6) is 1.45. The highest BCUT2D eigenvalue weighted by Crippen LogP contribution is 2.36. The number of alkyl halides is 1. The standard InChI is InChI=1S/C23H28BrNO3/c1-23(2,3)28-22(26)25-14-19(13-24)21(15-25)18-10-7-11-20(12-18)27-16-17-8-5-4-6-9-17/h4-12,19,21H,13-16H2,1-3H3/t19-,21-/m0/s1. The maximum Gasteiger partial charge on any atom is 0.410 e. The van der Waals surface area contributed by atoms with E-state index in [1.807, 2.05) is 56.0 Å². The van der Waals surface area contributed by atoms with Crippen molar-refractivity contribution < 1.29 is 14.3 Å². The van der Waals surface area contributed by atoms with Crippen LogP contribution in [0.1, 0.15) is 37.8 Å². The molecule has 0 N–H and O–H groups in total. The SMILES string of the molecule is CC(C)(C)OC(=O)N1C[C@H](CBr)[C@H](c2cccc(OCc3ccccc3)c2)C1. The van der Waals surface area contributed by atoms with Crippen LogP contribution in [0.5, 0.6) is 5.75 Å². The molecular weight excluding hydrogens is 418 g/mol. The number of carbonyl (C=O) groups is 1. The van der Waals surface area contributed by atoms with Crippen molar-refractivity contribution in [3.63, 3.8) is 0 Å². The second kappa shape index (κ2) is 8.99. The summed E-state index contributed by atoms with van der Waals surface area (Å²) in [6, 6.07) is 18.4. The number of benzene rings is 2. The Kier molecular flexibility index (Phi) is 6.65. The van der Waals surface area contributed by atoms with Gasteiger partial charge >= 0.3 is 6.09 Å². The Hall–Kier alpha value is -2.01. The van der Waals surface area contributed by atoms with Gasteiger partial charge in [-0.2, -0.15) is 0 Å². The predicted octanol–water partition coefficient (Wildman–Crippen LogP) is 5.61. The fourth-order valence-corrected chi connectivity index (χ4v) is 4.11. The number of rotatable bonds is 5. The smallest absolute Gasteiger partial charge is 0.410 e. The number of ether oxygens (including phenoxy) is 2. The summed E-state index contributed by atoms with van der Waals surface area (Å²) in [5.41, 5.74) is 1.86. The lowest BCUT2D eigenvalue weighted by atomic mass is 9.90. The highest BCUT2D eigenvalue weighted by atomic mass is 79.9. The quantitative estimate of drug-likeness (QED) is 0.561. The molecular formula is C23H28BrNO3. The summed E-state index contributed by atoms with van der Waals surface area (Å²) in [6.45, 7) is 7.59. The first-order chi connectivity index (χ1) is 13.4. The normalized spacial score (nSPS) is 19.5. The molecule has 1 aliphatic heterocycles. The van der Waals surface area contributed by atoms with Gasteiger partial charge in [-0.25, -0.2) is 4.79 Å². The Morgan fingerprint density at radius 3 is 2.54 bits per heavy atom. The van der Waals surface area contributed by atoms with Crippen LogP contribution in [0.3, 0.4) is 0 Å². The van der Waals surface area contributed by atoms with Gasteiger partial charge in [0.15, 0.2) is 0 Å². The highest BCUT2D eigenvalue weighted by molar-refractivity contribution is 9.09. The molecule has 0 aromatic heterocycles. The van der Waals surface area contributed by atoms with E-state index >= 15 is 0 Å². The minimum absolute atomic E-state index is 0.238. The lowest BCUT2D eigenvalue weighted by Crippen LogP contribution is -2.35. The van der Waals surface area contributed by atoms with Crippen LogP contribution in [-0.2, 0) is 11.3 Å². The van der Waals surface area contributed by atoms with E-state index in [1.54, 1.807) is 0 Å². The molecule has 0 spiro atoms. The Bertz CT molecular complexity index is 788. The zero-order valence-corrected chi connectivity index (χ0v) is 18.3. The van der Waals surface area contributed by atoms with Crippen molar-refractivity contribution in [1.29, 1.82) is 0 Å². The fourth-order valence-electron chi connectivity index (χ4n) is 3.46. The Balaban J connectivity index is 1.68. The molecule has 1 saturated heterocycles. The predicted molar refractivity (Wildman–Crippen MR) is 115 cm³/mol. The zero-order chi connectivity index (χ0) is 20.1. The van der Waals surface area contributed by atoms with Gasteiger partial charge in [-0.05, 0) is 49.9 Å². The van der Waals surface area contributed by atoms with Crippen LogP contribution in [0.2, 0.25) is 0 Å². The maximum atomic E-state index is 12.5. The first-order valence-corrected chi connectivity index (χ1v) is 10.8. The van der Waals surface area contributed by atoms with Gasteiger partial charge in [0.2, 0.25) is 0 Å². The topological polar surface area (TPSA) is 38.8 Å². The molecule has 1 heterocycles. The molecule has 4 nitrogen and oxygen atoms in total. The molecule has 5 heteroatoms. The largest absolute Gasteiger partial charge is 0.489 e.